The molecule has 152 valence electrons. The Morgan fingerprint density at radius 3 is 2.19 bits per heavy atom. The number of quaternary nitrogens is 1. The SMILES string of the molecule is CCCCCCNC(=O)OCCCCCCNC(=O)OC1CC[NH2+]CC1. The maximum absolute atomic E-state index is 11.7. The normalized spacial score (nSPS) is 14.7. The van der Waals surface area contributed by atoms with Crippen LogP contribution in [0.4, 0.5) is 9.59 Å². The van der Waals surface area contributed by atoms with Gasteiger partial charge >= 0.3 is 12.2 Å². The van der Waals surface area contributed by atoms with Crippen LogP contribution in [-0.2, 0) is 9.47 Å². The summed E-state index contributed by atoms with van der Waals surface area (Å²) in [4.78, 5) is 23.1. The number of nitrogens with one attached hydrogen (secondary N) is 2. The summed E-state index contributed by atoms with van der Waals surface area (Å²) in [6.07, 6.45) is 9.68. The van der Waals surface area contributed by atoms with E-state index in [-0.39, 0.29) is 18.3 Å². The van der Waals surface area contributed by atoms with Crippen molar-refractivity contribution in [2.45, 2.75) is 77.2 Å². The molecule has 0 atom stereocenters. The first-order valence-corrected chi connectivity index (χ1v) is 10.4. The largest absolute Gasteiger partial charge is 0.450 e. The van der Waals surface area contributed by atoms with E-state index in [0.29, 0.717) is 19.7 Å². The maximum atomic E-state index is 11.7. The van der Waals surface area contributed by atoms with Crippen molar-refractivity contribution in [1.29, 1.82) is 0 Å². The highest BCUT2D eigenvalue weighted by atomic mass is 16.6. The molecule has 0 radical (unpaired) electrons. The number of unbranched alkanes of at least 4 members (excludes halogenated alkanes) is 6. The Morgan fingerprint density at radius 2 is 1.50 bits per heavy atom. The van der Waals surface area contributed by atoms with Gasteiger partial charge in [0.25, 0.3) is 0 Å². The van der Waals surface area contributed by atoms with Gasteiger partial charge in [-0.1, -0.05) is 32.6 Å². The summed E-state index contributed by atoms with van der Waals surface area (Å²) in [5, 5.41) is 7.83. The first kappa shape index (κ1) is 22.5. The van der Waals surface area contributed by atoms with Crippen LogP contribution in [0.1, 0.15) is 71.1 Å². The monoisotopic (exact) mass is 372 g/mol. The Bertz CT molecular complexity index is 374. The van der Waals surface area contributed by atoms with Crippen molar-refractivity contribution >= 4 is 12.2 Å². The number of carbonyl (C=O) groups is 2. The molecule has 0 aromatic rings. The number of rotatable bonds is 13. The van der Waals surface area contributed by atoms with E-state index in [1.165, 1.54) is 12.8 Å². The third-order valence-electron chi connectivity index (χ3n) is 4.53. The number of piperidine rings is 1. The van der Waals surface area contributed by atoms with Crippen LogP contribution in [0.15, 0.2) is 0 Å². The van der Waals surface area contributed by atoms with Crippen molar-refractivity contribution < 1.29 is 24.4 Å². The van der Waals surface area contributed by atoms with Gasteiger partial charge in [0.1, 0.15) is 6.10 Å². The van der Waals surface area contributed by atoms with Crippen molar-refractivity contribution in [1.82, 2.24) is 10.6 Å². The molecule has 0 aromatic carbocycles. The number of nitrogens with two attached hydrogens (primary N) is 1. The molecule has 1 rings (SSSR count). The van der Waals surface area contributed by atoms with Crippen LogP contribution in [0.5, 0.6) is 0 Å². The molecule has 26 heavy (non-hydrogen) atoms. The maximum Gasteiger partial charge on any atom is 0.407 e. The Morgan fingerprint density at radius 1 is 0.885 bits per heavy atom. The fourth-order valence-electron chi connectivity index (χ4n) is 2.94. The van der Waals surface area contributed by atoms with E-state index in [0.717, 1.165) is 64.5 Å². The van der Waals surface area contributed by atoms with Gasteiger partial charge in [-0.2, -0.15) is 0 Å². The molecule has 7 heteroatoms. The summed E-state index contributed by atoms with van der Waals surface area (Å²) < 4.78 is 10.5. The average molecular weight is 373 g/mol. The molecule has 0 bridgehead atoms. The van der Waals surface area contributed by atoms with Gasteiger partial charge in [-0.05, 0) is 25.7 Å². The average Bonchev–Trinajstić information content (AvgIpc) is 2.64. The number of alkyl carbamates (subject to hydrolysis) is 2. The topological polar surface area (TPSA) is 93.3 Å². The van der Waals surface area contributed by atoms with Crippen LogP contribution < -0.4 is 16.0 Å². The molecule has 0 saturated carbocycles. The van der Waals surface area contributed by atoms with E-state index in [1.54, 1.807) is 0 Å². The second kappa shape index (κ2) is 15.7. The predicted molar refractivity (Wildman–Crippen MR) is 101 cm³/mol. The smallest absolute Gasteiger partial charge is 0.407 e. The van der Waals surface area contributed by atoms with Crippen LogP contribution in [0.2, 0.25) is 0 Å². The quantitative estimate of drug-likeness (QED) is 0.433. The minimum Gasteiger partial charge on any atom is -0.450 e. The first-order chi connectivity index (χ1) is 12.7. The molecule has 0 unspecified atom stereocenters. The zero-order valence-corrected chi connectivity index (χ0v) is 16.4. The zero-order chi connectivity index (χ0) is 18.9. The van der Waals surface area contributed by atoms with Crippen molar-refractivity contribution in [3.05, 3.63) is 0 Å². The van der Waals surface area contributed by atoms with E-state index in [4.69, 9.17) is 9.47 Å². The first-order valence-electron chi connectivity index (χ1n) is 10.4. The molecule has 1 aliphatic rings. The summed E-state index contributed by atoms with van der Waals surface area (Å²) in [6.45, 7) is 6.03. The third-order valence-corrected chi connectivity index (χ3v) is 4.53. The third kappa shape index (κ3) is 12.8. The summed E-state index contributed by atoms with van der Waals surface area (Å²) in [7, 11) is 0. The number of amides is 2. The van der Waals surface area contributed by atoms with E-state index in [1.807, 2.05) is 0 Å². The van der Waals surface area contributed by atoms with Gasteiger partial charge in [0.15, 0.2) is 0 Å². The van der Waals surface area contributed by atoms with Crippen LogP contribution >= 0.6 is 0 Å². The molecule has 1 fully saturated rings. The molecular weight excluding hydrogens is 334 g/mol. The van der Waals surface area contributed by atoms with E-state index in [2.05, 4.69) is 22.9 Å². The standard InChI is InChI=1S/C19H37N3O4/c1-2-3-4-7-12-21-18(23)25-16-9-6-5-8-13-22-19(24)26-17-10-14-20-15-11-17/h17,20H,2-16H2,1H3,(H,21,23)(H,22,24)/p+1. The molecule has 7 nitrogen and oxygen atoms in total. The Hall–Kier alpha value is -1.50. The highest BCUT2D eigenvalue weighted by Crippen LogP contribution is 2.05. The van der Waals surface area contributed by atoms with E-state index in [9.17, 15) is 9.59 Å². The second-order valence-corrected chi connectivity index (χ2v) is 6.94. The van der Waals surface area contributed by atoms with Gasteiger partial charge in [-0.15, -0.1) is 0 Å². The highest BCUT2D eigenvalue weighted by molar-refractivity contribution is 5.67. The predicted octanol–water partition coefficient (Wildman–Crippen LogP) is 2.31. The molecule has 1 aliphatic heterocycles. The Balaban J connectivity index is 1.82. The van der Waals surface area contributed by atoms with E-state index >= 15 is 0 Å². The molecule has 0 aliphatic carbocycles. The molecule has 0 aromatic heterocycles. The molecular formula is C19H38N3O4+. The second-order valence-electron chi connectivity index (χ2n) is 6.94. The molecule has 1 saturated heterocycles. The number of hydrogen-bond acceptors (Lipinski definition) is 4. The van der Waals surface area contributed by atoms with Gasteiger partial charge in [-0.3, -0.25) is 0 Å². The summed E-state index contributed by atoms with van der Waals surface area (Å²) in [6, 6.07) is 0. The molecule has 0 spiro atoms. The lowest BCUT2D eigenvalue weighted by Gasteiger charge is -2.20. The highest BCUT2D eigenvalue weighted by Gasteiger charge is 2.18. The Kier molecular flexibility index (Phi) is 13.6. The van der Waals surface area contributed by atoms with Gasteiger partial charge in [-0.25, -0.2) is 9.59 Å². The van der Waals surface area contributed by atoms with Crippen LogP contribution in [0.3, 0.4) is 0 Å². The minimum absolute atomic E-state index is 0.0786. The summed E-state index contributed by atoms with van der Waals surface area (Å²) in [5.41, 5.74) is 0. The fraction of sp³-hybridized carbons (Fsp3) is 0.895. The number of hydrogen-bond donors (Lipinski definition) is 3. The number of carbonyl (C=O) groups excluding carboxylic acids is 2. The molecule has 4 N–H and O–H groups in total. The van der Waals surface area contributed by atoms with Crippen molar-refractivity contribution in [3.8, 4) is 0 Å². The summed E-state index contributed by atoms with van der Waals surface area (Å²) >= 11 is 0. The lowest BCUT2D eigenvalue weighted by molar-refractivity contribution is -0.664. The molecule has 1 heterocycles. The Labute approximate surface area is 158 Å². The van der Waals surface area contributed by atoms with Crippen LogP contribution in [0.25, 0.3) is 0 Å². The lowest BCUT2D eigenvalue weighted by Crippen LogP contribution is -2.86. The van der Waals surface area contributed by atoms with Crippen molar-refractivity contribution in [3.63, 3.8) is 0 Å². The minimum atomic E-state index is -0.314. The molecule has 2 amide bonds. The van der Waals surface area contributed by atoms with Gasteiger partial charge in [0.05, 0.1) is 19.7 Å². The van der Waals surface area contributed by atoms with Crippen LogP contribution in [0, 0.1) is 0 Å². The van der Waals surface area contributed by atoms with Crippen LogP contribution in [-0.4, -0.2) is 51.1 Å². The van der Waals surface area contributed by atoms with Gasteiger partial charge in [0, 0.05) is 25.9 Å². The van der Waals surface area contributed by atoms with E-state index < -0.39 is 0 Å². The lowest BCUT2D eigenvalue weighted by atomic mass is 10.1. The summed E-state index contributed by atoms with van der Waals surface area (Å²) in [5.74, 6) is 0. The van der Waals surface area contributed by atoms with Gasteiger partial charge < -0.3 is 25.4 Å². The zero-order valence-electron chi connectivity index (χ0n) is 16.4. The van der Waals surface area contributed by atoms with Crippen molar-refractivity contribution in [2.75, 3.05) is 32.8 Å². The van der Waals surface area contributed by atoms with Gasteiger partial charge in [0.2, 0.25) is 0 Å². The number of ether oxygens (including phenoxy) is 2. The fourth-order valence-corrected chi connectivity index (χ4v) is 2.94. The van der Waals surface area contributed by atoms with Crippen molar-refractivity contribution in [2.24, 2.45) is 0 Å².